The Kier molecular flexibility index (Phi) is 3.95. The van der Waals surface area contributed by atoms with Crippen LogP contribution < -0.4 is 5.32 Å². The predicted molar refractivity (Wildman–Crippen MR) is 114 cm³/mol. The van der Waals surface area contributed by atoms with Gasteiger partial charge in [0.2, 0.25) is 0 Å². The van der Waals surface area contributed by atoms with Gasteiger partial charge in [0.1, 0.15) is 0 Å². The molecule has 3 aromatic carbocycles. The fourth-order valence-corrected chi connectivity index (χ4v) is 3.57. The maximum absolute atomic E-state index is 12.8. The van der Waals surface area contributed by atoms with Crippen LogP contribution in [0.15, 0.2) is 91.3 Å². The van der Waals surface area contributed by atoms with E-state index < -0.39 is 0 Å². The number of nitrogens with zero attached hydrogens (tertiary/aromatic N) is 1. The lowest BCUT2D eigenvalue weighted by Crippen LogP contribution is -2.12. The Bertz CT molecular complexity index is 1280. The maximum atomic E-state index is 12.8. The minimum absolute atomic E-state index is 0.111. The number of aromatic nitrogens is 2. The Balaban J connectivity index is 1.43. The number of hydrogen-bond acceptors (Lipinski definition) is 1. The minimum Gasteiger partial charge on any atom is -0.361 e. The molecule has 0 spiro atoms. The molecule has 2 heterocycles. The van der Waals surface area contributed by atoms with E-state index in [0.29, 0.717) is 5.56 Å². The van der Waals surface area contributed by atoms with Crippen LogP contribution in [-0.2, 0) is 6.54 Å². The lowest BCUT2D eigenvalue weighted by atomic mass is 10.1. The summed E-state index contributed by atoms with van der Waals surface area (Å²) in [5.41, 5.74) is 4.71. The van der Waals surface area contributed by atoms with Crippen molar-refractivity contribution in [1.82, 2.24) is 9.55 Å². The van der Waals surface area contributed by atoms with Crippen molar-refractivity contribution in [2.75, 3.05) is 5.32 Å². The molecule has 0 saturated carbocycles. The molecule has 4 heteroatoms. The van der Waals surface area contributed by atoms with Gasteiger partial charge in [-0.15, -0.1) is 0 Å². The molecule has 5 rings (SSSR count). The number of aromatic amines is 1. The number of rotatable bonds is 4. The summed E-state index contributed by atoms with van der Waals surface area (Å²) in [5, 5.41) is 5.25. The van der Waals surface area contributed by atoms with Crippen molar-refractivity contribution >= 4 is 33.4 Å². The summed E-state index contributed by atoms with van der Waals surface area (Å²) in [6.07, 6.45) is 3.96. The molecule has 2 N–H and O–H groups in total. The second-order valence-corrected chi connectivity index (χ2v) is 6.94. The van der Waals surface area contributed by atoms with Gasteiger partial charge in [0.05, 0.1) is 0 Å². The van der Waals surface area contributed by atoms with Crippen molar-refractivity contribution in [2.45, 2.75) is 6.54 Å². The van der Waals surface area contributed by atoms with Gasteiger partial charge in [-0.2, -0.15) is 0 Å². The van der Waals surface area contributed by atoms with Gasteiger partial charge >= 0.3 is 0 Å². The fourth-order valence-electron chi connectivity index (χ4n) is 3.57. The van der Waals surface area contributed by atoms with E-state index in [1.54, 1.807) is 0 Å². The molecule has 0 aliphatic heterocycles. The van der Waals surface area contributed by atoms with E-state index in [0.717, 1.165) is 34.0 Å². The number of benzene rings is 3. The normalized spacial score (nSPS) is 11.1. The summed E-state index contributed by atoms with van der Waals surface area (Å²) >= 11 is 0. The number of H-pyrrole nitrogens is 1. The van der Waals surface area contributed by atoms with Gasteiger partial charge in [-0.3, -0.25) is 4.79 Å². The molecule has 4 nitrogen and oxygen atoms in total. The lowest BCUT2D eigenvalue weighted by molar-refractivity contribution is 0.102. The highest BCUT2D eigenvalue weighted by molar-refractivity contribution is 6.06. The molecule has 136 valence electrons. The third-order valence-electron chi connectivity index (χ3n) is 5.04. The zero-order chi connectivity index (χ0) is 18.9. The summed E-state index contributed by atoms with van der Waals surface area (Å²) in [6.45, 7) is 0.777. The summed E-state index contributed by atoms with van der Waals surface area (Å²) < 4.78 is 2.17. The molecule has 0 fully saturated rings. The minimum atomic E-state index is -0.111. The van der Waals surface area contributed by atoms with Crippen LogP contribution in [0.3, 0.4) is 0 Å². The van der Waals surface area contributed by atoms with Crippen molar-refractivity contribution in [3.05, 3.63) is 102 Å². The number of fused-ring (bicyclic) bond motifs is 2. The standard InChI is InChI=1S/C24H19N3O/c28-24(26-21-9-8-18-10-12-25-22(18)15-21)20-7-6-19-11-13-27(23(19)14-20)16-17-4-2-1-3-5-17/h1-15,25H,16H2,(H,26,28). The van der Waals surface area contributed by atoms with E-state index in [1.165, 1.54) is 5.56 Å². The summed E-state index contributed by atoms with van der Waals surface area (Å²) in [4.78, 5) is 16.0. The molecule has 0 aliphatic carbocycles. The fraction of sp³-hybridized carbons (Fsp3) is 0.0417. The van der Waals surface area contributed by atoms with Gasteiger partial charge in [0.15, 0.2) is 0 Å². The highest BCUT2D eigenvalue weighted by Gasteiger charge is 2.10. The molecule has 5 aromatic rings. The van der Waals surface area contributed by atoms with E-state index >= 15 is 0 Å². The number of amides is 1. The highest BCUT2D eigenvalue weighted by Crippen LogP contribution is 2.21. The molecule has 1 amide bonds. The third kappa shape index (κ3) is 3.05. The first-order valence-electron chi connectivity index (χ1n) is 9.28. The zero-order valence-corrected chi connectivity index (χ0v) is 15.2. The third-order valence-corrected chi connectivity index (χ3v) is 5.04. The van der Waals surface area contributed by atoms with Crippen LogP contribution in [0.1, 0.15) is 15.9 Å². The summed E-state index contributed by atoms with van der Waals surface area (Å²) in [5.74, 6) is -0.111. The molecule has 28 heavy (non-hydrogen) atoms. The first kappa shape index (κ1) is 16.4. The molecule has 0 bridgehead atoms. The average molecular weight is 365 g/mol. The summed E-state index contributed by atoms with van der Waals surface area (Å²) in [7, 11) is 0. The van der Waals surface area contributed by atoms with Crippen LogP contribution in [-0.4, -0.2) is 15.5 Å². The maximum Gasteiger partial charge on any atom is 0.255 e. The molecule has 0 aliphatic rings. The summed E-state index contributed by atoms with van der Waals surface area (Å²) in [6, 6.07) is 26.1. The first-order chi connectivity index (χ1) is 13.8. The van der Waals surface area contributed by atoms with Crippen molar-refractivity contribution in [2.24, 2.45) is 0 Å². The number of carbonyl (C=O) groups is 1. The average Bonchev–Trinajstić information content (AvgIpc) is 3.35. The van der Waals surface area contributed by atoms with Crippen molar-refractivity contribution in [3.8, 4) is 0 Å². The van der Waals surface area contributed by atoms with Crippen LogP contribution in [0.4, 0.5) is 5.69 Å². The van der Waals surface area contributed by atoms with Gasteiger partial charge in [0.25, 0.3) is 5.91 Å². The molecule has 0 atom stereocenters. The smallest absolute Gasteiger partial charge is 0.255 e. The second kappa shape index (κ2) is 6.74. The van der Waals surface area contributed by atoms with Crippen LogP contribution in [0.2, 0.25) is 0 Å². The first-order valence-corrected chi connectivity index (χ1v) is 9.28. The largest absolute Gasteiger partial charge is 0.361 e. The van der Waals surface area contributed by atoms with Crippen LogP contribution in [0, 0.1) is 0 Å². The predicted octanol–water partition coefficient (Wildman–Crippen LogP) is 5.42. The zero-order valence-electron chi connectivity index (χ0n) is 15.2. The van der Waals surface area contributed by atoms with Crippen molar-refractivity contribution < 1.29 is 4.79 Å². The Hall–Kier alpha value is -3.79. The molecule has 0 saturated heterocycles. The SMILES string of the molecule is O=C(Nc1ccc2cc[nH]c2c1)c1ccc2ccn(Cc3ccccc3)c2c1. The van der Waals surface area contributed by atoms with Crippen molar-refractivity contribution in [1.29, 1.82) is 0 Å². The van der Waals surface area contributed by atoms with E-state index in [1.807, 2.05) is 66.9 Å². The van der Waals surface area contributed by atoms with Gasteiger partial charge in [-0.05, 0) is 52.7 Å². The Morgan fingerprint density at radius 3 is 2.64 bits per heavy atom. The molecular formula is C24H19N3O. The Morgan fingerprint density at radius 1 is 0.893 bits per heavy atom. The number of anilines is 1. The van der Waals surface area contributed by atoms with Gasteiger partial charge in [-0.25, -0.2) is 0 Å². The molecule has 2 aromatic heterocycles. The van der Waals surface area contributed by atoms with E-state index in [2.05, 4.69) is 39.3 Å². The van der Waals surface area contributed by atoms with Crippen LogP contribution in [0.5, 0.6) is 0 Å². The molecule has 0 unspecified atom stereocenters. The monoisotopic (exact) mass is 365 g/mol. The van der Waals surface area contributed by atoms with Crippen LogP contribution >= 0.6 is 0 Å². The number of carbonyl (C=O) groups excluding carboxylic acids is 1. The van der Waals surface area contributed by atoms with Gasteiger partial charge in [-0.1, -0.05) is 42.5 Å². The van der Waals surface area contributed by atoms with Crippen LogP contribution in [0.25, 0.3) is 21.8 Å². The van der Waals surface area contributed by atoms with Gasteiger partial charge < -0.3 is 14.9 Å². The van der Waals surface area contributed by atoms with E-state index in [9.17, 15) is 4.79 Å². The van der Waals surface area contributed by atoms with Crippen molar-refractivity contribution in [3.63, 3.8) is 0 Å². The molecular weight excluding hydrogens is 346 g/mol. The van der Waals surface area contributed by atoms with E-state index in [-0.39, 0.29) is 5.91 Å². The highest BCUT2D eigenvalue weighted by atomic mass is 16.1. The lowest BCUT2D eigenvalue weighted by Gasteiger charge is -2.08. The topological polar surface area (TPSA) is 49.8 Å². The number of nitrogens with one attached hydrogen (secondary N) is 2. The Labute approximate surface area is 162 Å². The quantitative estimate of drug-likeness (QED) is 0.439. The number of hydrogen-bond donors (Lipinski definition) is 2. The van der Waals surface area contributed by atoms with E-state index in [4.69, 9.17) is 0 Å². The van der Waals surface area contributed by atoms with Gasteiger partial charge in [0, 0.05) is 41.2 Å². The molecule has 0 radical (unpaired) electrons. The Morgan fingerprint density at radius 2 is 1.75 bits per heavy atom. The second-order valence-electron chi connectivity index (χ2n) is 6.94.